The van der Waals surface area contributed by atoms with Crippen LogP contribution in [0.3, 0.4) is 0 Å². The number of hydrogen-bond acceptors (Lipinski definition) is 4. The fraction of sp³-hybridized carbons (Fsp3) is 0.500. The predicted octanol–water partition coefficient (Wildman–Crippen LogP) is 1.95. The molecule has 1 saturated carbocycles. The molecule has 0 bridgehead atoms. The van der Waals surface area contributed by atoms with E-state index in [1.54, 1.807) is 0 Å². The van der Waals surface area contributed by atoms with Gasteiger partial charge in [-0.3, -0.25) is 0 Å². The lowest BCUT2D eigenvalue weighted by Crippen LogP contribution is -2.30. The van der Waals surface area contributed by atoms with Crippen LogP contribution >= 0.6 is 0 Å². The Morgan fingerprint density at radius 3 is 2.57 bits per heavy atom. The van der Waals surface area contributed by atoms with Gasteiger partial charge in [0.1, 0.15) is 11.3 Å². The van der Waals surface area contributed by atoms with Crippen LogP contribution in [0.2, 0.25) is 0 Å². The van der Waals surface area contributed by atoms with E-state index >= 15 is 0 Å². The number of benzene rings is 1. The molecule has 0 radical (unpaired) electrons. The fourth-order valence-electron chi connectivity index (χ4n) is 2.41. The molecule has 7 heteroatoms. The van der Waals surface area contributed by atoms with Crippen LogP contribution in [-0.2, 0) is 10.0 Å². The van der Waals surface area contributed by atoms with Gasteiger partial charge >= 0.3 is 5.97 Å². The van der Waals surface area contributed by atoms with E-state index < -0.39 is 27.3 Å². The molecule has 0 aliphatic heterocycles. The Hall–Kier alpha value is -1.60. The van der Waals surface area contributed by atoms with E-state index in [-0.39, 0.29) is 10.3 Å². The number of aromatic hydroxyl groups is 1. The molecular formula is C14H19NO5S. The molecule has 3 N–H and O–H groups in total. The van der Waals surface area contributed by atoms with Crippen molar-refractivity contribution < 1.29 is 23.4 Å². The summed E-state index contributed by atoms with van der Waals surface area (Å²) < 4.78 is 27.0. The van der Waals surface area contributed by atoms with Gasteiger partial charge in [0.05, 0.1) is 4.90 Å². The Morgan fingerprint density at radius 1 is 1.38 bits per heavy atom. The Bertz CT molecular complexity index is 649. The SMILES string of the molecule is CCCC1(CNS(=O)(=O)c2ccc(O)c(C(=O)O)c2)CC1. The molecule has 21 heavy (non-hydrogen) atoms. The molecule has 1 aromatic rings. The molecule has 0 heterocycles. The highest BCUT2D eigenvalue weighted by molar-refractivity contribution is 7.89. The lowest BCUT2D eigenvalue weighted by Gasteiger charge is -2.15. The van der Waals surface area contributed by atoms with E-state index in [9.17, 15) is 18.3 Å². The highest BCUT2D eigenvalue weighted by atomic mass is 32.2. The van der Waals surface area contributed by atoms with Crippen molar-refractivity contribution in [3.63, 3.8) is 0 Å². The number of carboxylic acid groups (broad SMARTS) is 1. The third-order valence-corrected chi connectivity index (χ3v) is 5.28. The van der Waals surface area contributed by atoms with E-state index in [1.807, 2.05) is 0 Å². The van der Waals surface area contributed by atoms with E-state index in [0.717, 1.165) is 37.8 Å². The van der Waals surface area contributed by atoms with Gasteiger partial charge in [-0.1, -0.05) is 13.3 Å². The van der Waals surface area contributed by atoms with E-state index in [0.29, 0.717) is 6.54 Å². The molecule has 116 valence electrons. The zero-order valence-electron chi connectivity index (χ0n) is 11.8. The lowest BCUT2D eigenvalue weighted by atomic mass is 10.0. The van der Waals surface area contributed by atoms with Crippen LogP contribution in [0.25, 0.3) is 0 Å². The molecule has 0 amide bonds. The first-order valence-electron chi connectivity index (χ1n) is 6.86. The number of nitrogens with one attached hydrogen (secondary N) is 1. The zero-order valence-corrected chi connectivity index (χ0v) is 12.6. The third kappa shape index (κ3) is 3.54. The van der Waals surface area contributed by atoms with Crippen molar-refractivity contribution in [2.24, 2.45) is 5.41 Å². The number of rotatable bonds is 7. The van der Waals surface area contributed by atoms with Gasteiger partial charge in [0.2, 0.25) is 10.0 Å². The molecule has 6 nitrogen and oxygen atoms in total. The summed E-state index contributed by atoms with van der Waals surface area (Å²) in [7, 11) is -3.77. The summed E-state index contributed by atoms with van der Waals surface area (Å²) in [6, 6.07) is 3.25. The summed E-state index contributed by atoms with van der Waals surface area (Å²) in [5.74, 6) is -1.82. The quantitative estimate of drug-likeness (QED) is 0.714. The maximum absolute atomic E-state index is 12.2. The van der Waals surface area contributed by atoms with Crippen molar-refractivity contribution in [3.05, 3.63) is 23.8 Å². The fourth-order valence-corrected chi connectivity index (χ4v) is 3.59. The normalized spacial score (nSPS) is 16.6. The lowest BCUT2D eigenvalue weighted by molar-refractivity contribution is 0.0693. The first-order valence-corrected chi connectivity index (χ1v) is 8.34. The second-order valence-corrected chi connectivity index (χ2v) is 7.33. The van der Waals surface area contributed by atoms with Gasteiger partial charge in [0.15, 0.2) is 0 Å². The van der Waals surface area contributed by atoms with Crippen molar-refractivity contribution in [1.29, 1.82) is 0 Å². The second kappa shape index (κ2) is 5.65. The maximum atomic E-state index is 12.2. The average molecular weight is 313 g/mol. The zero-order chi connectivity index (χ0) is 15.7. The van der Waals surface area contributed by atoms with Gasteiger partial charge in [0.25, 0.3) is 0 Å². The molecule has 1 fully saturated rings. The van der Waals surface area contributed by atoms with Crippen molar-refractivity contribution in [2.45, 2.75) is 37.5 Å². The largest absolute Gasteiger partial charge is 0.507 e. The van der Waals surface area contributed by atoms with E-state index in [1.165, 1.54) is 6.07 Å². The molecule has 0 unspecified atom stereocenters. The summed E-state index contributed by atoms with van der Waals surface area (Å²) in [6.45, 7) is 2.43. The Labute approximate surface area is 123 Å². The highest BCUT2D eigenvalue weighted by Crippen LogP contribution is 2.49. The monoisotopic (exact) mass is 313 g/mol. The van der Waals surface area contributed by atoms with Crippen LogP contribution in [0, 0.1) is 5.41 Å². The van der Waals surface area contributed by atoms with Crippen molar-refractivity contribution in [1.82, 2.24) is 4.72 Å². The second-order valence-electron chi connectivity index (χ2n) is 5.56. The van der Waals surface area contributed by atoms with Gasteiger partial charge in [-0.05, 0) is 42.9 Å². The van der Waals surface area contributed by atoms with Gasteiger partial charge in [-0.25, -0.2) is 17.9 Å². The molecule has 2 rings (SSSR count). The maximum Gasteiger partial charge on any atom is 0.339 e. The van der Waals surface area contributed by atoms with Crippen LogP contribution in [0.15, 0.2) is 23.1 Å². The Morgan fingerprint density at radius 2 is 2.05 bits per heavy atom. The van der Waals surface area contributed by atoms with Crippen LogP contribution < -0.4 is 4.72 Å². The summed E-state index contributed by atoms with van der Waals surface area (Å²) in [5.41, 5.74) is -0.360. The average Bonchev–Trinajstić information content (AvgIpc) is 3.17. The minimum absolute atomic E-state index is 0.0639. The molecular weight excluding hydrogens is 294 g/mol. The number of carboxylic acids is 1. The number of carbonyl (C=O) groups is 1. The standard InChI is InChI=1S/C14H19NO5S/c1-2-5-14(6-7-14)9-15-21(19,20)10-3-4-12(16)11(8-10)13(17)18/h3-4,8,15-16H,2,5-7,9H2,1H3,(H,17,18). The molecule has 0 atom stereocenters. The van der Waals surface area contributed by atoms with Crippen molar-refractivity contribution in [2.75, 3.05) is 6.54 Å². The number of aromatic carboxylic acids is 1. The molecule has 0 spiro atoms. The van der Waals surface area contributed by atoms with Crippen LogP contribution in [0.5, 0.6) is 5.75 Å². The number of phenols is 1. The van der Waals surface area contributed by atoms with Gasteiger partial charge in [-0.2, -0.15) is 0 Å². The number of hydrogen-bond donors (Lipinski definition) is 3. The van der Waals surface area contributed by atoms with Crippen molar-refractivity contribution in [3.8, 4) is 5.75 Å². The first-order chi connectivity index (χ1) is 9.80. The minimum atomic E-state index is -3.77. The highest BCUT2D eigenvalue weighted by Gasteiger charge is 2.42. The first kappa shape index (κ1) is 15.8. The third-order valence-electron chi connectivity index (χ3n) is 3.88. The molecule has 1 aliphatic rings. The van der Waals surface area contributed by atoms with Crippen LogP contribution in [0.1, 0.15) is 43.0 Å². The minimum Gasteiger partial charge on any atom is -0.507 e. The Kier molecular flexibility index (Phi) is 4.25. The van der Waals surface area contributed by atoms with Crippen molar-refractivity contribution >= 4 is 16.0 Å². The summed E-state index contributed by atoms with van der Waals surface area (Å²) in [5, 5.41) is 18.3. The Balaban J connectivity index is 2.16. The van der Waals surface area contributed by atoms with Gasteiger partial charge < -0.3 is 10.2 Å². The molecule has 0 aromatic heterocycles. The number of sulfonamides is 1. The predicted molar refractivity (Wildman–Crippen MR) is 76.8 cm³/mol. The van der Waals surface area contributed by atoms with Gasteiger partial charge in [-0.15, -0.1) is 0 Å². The van der Waals surface area contributed by atoms with Crippen LogP contribution in [0.4, 0.5) is 0 Å². The smallest absolute Gasteiger partial charge is 0.339 e. The van der Waals surface area contributed by atoms with E-state index in [4.69, 9.17) is 5.11 Å². The van der Waals surface area contributed by atoms with Gasteiger partial charge in [0, 0.05) is 6.54 Å². The van der Waals surface area contributed by atoms with Crippen LogP contribution in [-0.4, -0.2) is 31.1 Å². The topological polar surface area (TPSA) is 104 Å². The summed E-state index contributed by atoms with van der Waals surface area (Å²) >= 11 is 0. The van der Waals surface area contributed by atoms with E-state index in [2.05, 4.69) is 11.6 Å². The molecule has 0 saturated heterocycles. The summed E-state index contributed by atoms with van der Waals surface area (Å²) in [4.78, 5) is 10.8. The molecule has 1 aromatic carbocycles. The summed E-state index contributed by atoms with van der Waals surface area (Å²) in [6.07, 6.45) is 4.01. The molecule has 1 aliphatic carbocycles.